The van der Waals surface area contributed by atoms with Crippen molar-refractivity contribution in [3.05, 3.63) is 29.1 Å². The molecule has 1 aliphatic rings. The van der Waals surface area contributed by atoms with Crippen LogP contribution in [-0.4, -0.2) is 23.4 Å². The molecule has 1 aliphatic heterocycles. The molecule has 2 heterocycles. The maximum Gasteiger partial charge on any atom is 0.264 e. The van der Waals surface area contributed by atoms with Crippen LogP contribution in [0.5, 0.6) is 0 Å². The van der Waals surface area contributed by atoms with Gasteiger partial charge >= 0.3 is 0 Å². The van der Waals surface area contributed by atoms with E-state index in [0.29, 0.717) is 6.04 Å². The van der Waals surface area contributed by atoms with Crippen LogP contribution in [0.25, 0.3) is 10.1 Å². The molecule has 1 fully saturated rings. The summed E-state index contributed by atoms with van der Waals surface area (Å²) in [6.45, 7) is 3.08. The van der Waals surface area contributed by atoms with Gasteiger partial charge in [0.25, 0.3) is 5.91 Å². The number of amides is 1. The van der Waals surface area contributed by atoms with Crippen LogP contribution < -0.4 is 5.73 Å². The lowest BCUT2D eigenvalue weighted by atomic mass is 10.1. The van der Waals surface area contributed by atoms with Crippen molar-refractivity contribution >= 4 is 33.0 Å². The first kappa shape index (κ1) is 14.4. The van der Waals surface area contributed by atoms with Gasteiger partial charge in [-0.15, -0.1) is 11.3 Å². The highest BCUT2D eigenvalue weighted by molar-refractivity contribution is 7.20. The number of hydrogen-bond acceptors (Lipinski definition) is 3. The lowest BCUT2D eigenvalue weighted by molar-refractivity contribution is 0.0683. The van der Waals surface area contributed by atoms with Gasteiger partial charge in [0.2, 0.25) is 0 Å². The fourth-order valence-corrected chi connectivity index (χ4v) is 4.18. The smallest absolute Gasteiger partial charge is 0.264 e. The van der Waals surface area contributed by atoms with Crippen molar-refractivity contribution in [1.29, 1.82) is 0 Å². The number of nitrogens with zero attached hydrogens (tertiary/aromatic N) is 1. The Hall–Kier alpha value is -1.55. The van der Waals surface area contributed by atoms with E-state index in [0.717, 1.165) is 46.5 Å². The minimum atomic E-state index is 0.198. The third-order valence-electron chi connectivity index (χ3n) is 4.36. The first-order chi connectivity index (χ1) is 10.2. The van der Waals surface area contributed by atoms with Crippen LogP contribution >= 0.6 is 11.3 Å². The highest BCUT2D eigenvalue weighted by atomic mass is 32.1. The maximum atomic E-state index is 12.9. The van der Waals surface area contributed by atoms with Crippen molar-refractivity contribution in [3.63, 3.8) is 0 Å². The molecule has 0 bridgehead atoms. The first-order valence-electron chi connectivity index (χ1n) is 7.79. The van der Waals surface area contributed by atoms with Gasteiger partial charge in [-0.05, 0) is 48.9 Å². The molecule has 1 amide bonds. The van der Waals surface area contributed by atoms with Crippen LogP contribution in [0.1, 0.15) is 48.7 Å². The molecule has 4 heteroatoms. The fourth-order valence-electron chi connectivity index (χ4n) is 3.18. The number of anilines is 1. The van der Waals surface area contributed by atoms with Gasteiger partial charge in [0.1, 0.15) is 0 Å². The summed E-state index contributed by atoms with van der Waals surface area (Å²) in [6.07, 6.45) is 5.79. The van der Waals surface area contributed by atoms with E-state index in [1.807, 2.05) is 24.3 Å². The molecule has 0 spiro atoms. The van der Waals surface area contributed by atoms with E-state index in [1.165, 1.54) is 12.8 Å². The van der Waals surface area contributed by atoms with Crippen LogP contribution in [0.3, 0.4) is 0 Å². The summed E-state index contributed by atoms with van der Waals surface area (Å²) in [5, 5.41) is 1.08. The van der Waals surface area contributed by atoms with Crippen molar-refractivity contribution in [2.45, 2.75) is 45.1 Å². The number of likely N-dealkylation sites (tertiary alicyclic amines) is 1. The summed E-state index contributed by atoms with van der Waals surface area (Å²) in [7, 11) is 0. The monoisotopic (exact) mass is 302 g/mol. The van der Waals surface area contributed by atoms with Gasteiger partial charge in [-0.25, -0.2) is 0 Å². The number of nitrogens with two attached hydrogens (primary N) is 1. The van der Waals surface area contributed by atoms with Crippen LogP contribution in [0.2, 0.25) is 0 Å². The predicted octanol–water partition coefficient (Wildman–Crippen LogP) is 4.28. The Morgan fingerprint density at radius 2 is 2.19 bits per heavy atom. The Morgan fingerprint density at radius 3 is 3.00 bits per heavy atom. The van der Waals surface area contributed by atoms with E-state index in [2.05, 4.69) is 11.8 Å². The number of carbonyl (C=O) groups excluding carboxylic acids is 1. The quantitative estimate of drug-likeness (QED) is 0.842. The zero-order valence-electron chi connectivity index (χ0n) is 12.5. The van der Waals surface area contributed by atoms with Crippen molar-refractivity contribution in [3.8, 4) is 0 Å². The van der Waals surface area contributed by atoms with E-state index in [9.17, 15) is 4.79 Å². The second-order valence-corrected chi connectivity index (χ2v) is 6.90. The standard InChI is InChI=1S/C17H22N2OS/c1-2-14-6-4-3-5-9-19(14)17(20)16-11-12-10-13(18)7-8-15(12)21-16/h7-8,10-11,14H,2-6,9,18H2,1H3. The van der Waals surface area contributed by atoms with Crippen LogP contribution in [0.4, 0.5) is 5.69 Å². The first-order valence-corrected chi connectivity index (χ1v) is 8.60. The van der Waals surface area contributed by atoms with Gasteiger partial charge in [-0.2, -0.15) is 0 Å². The molecule has 1 saturated heterocycles. The second-order valence-electron chi connectivity index (χ2n) is 5.82. The van der Waals surface area contributed by atoms with Crippen LogP contribution in [0.15, 0.2) is 24.3 Å². The number of nitrogen functional groups attached to an aromatic ring is 1. The maximum absolute atomic E-state index is 12.9. The van der Waals surface area contributed by atoms with Crippen molar-refractivity contribution in [2.24, 2.45) is 0 Å². The molecule has 1 aromatic carbocycles. The molecule has 0 radical (unpaired) electrons. The predicted molar refractivity (Wildman–Crippen MR) is 89.8 cm³/mol. The summed E-state index contributed by atoms with van der Waals surface area (Å²) >= 11 is 1.58. The zero-order valence-corrected chi connectivity index (χ0v) is 13.3. The van der Waals surface area contributed by atoms with Gasteiger partial charge in [0, 0.05) is 23.0 Å². The third-order valence-corrected chi connectivity index (χ3v) is 5.46. The fraction of sp³-hybridized carbons (Fsp3) is 0.471. The Balaban J connectivity index is 1.90. The van der Waals surface area contributed by atoms with Gasteiger partial charge in [-0.3, -0.25) is 4.79 Å². The molecule has 21 heavy (non-hydrogen) atoms. The van der Waals surface area contributed by atoms with E-state index in [1.54, 1.807) is 11.3 Å². The minimum absolute atomic E-state index is 0.198. The van der Waals surface area contributed by atoms with Crippen molar-refractivity contribution in [1.82, 2.24) is 4.90 Å². The summed E-state index contributed by atoms with van der Waals surface area (Å²) in [5.41, 5.74) is 6.58. The number of benzene rings is 1. The van der Waals surface area contributed by atoms with Gasteiger partial charge in [0.05, 0.1) is 4.88 Å². The number of rotatable bonds is 2. The minimum Gasteiger partial charge on any atom is -0.399 e. The van der Waals surface area contributed by atoms with E-state index < -0.39 is 0 Å². The molecule has 1 aromatic heterocycles. The Bertz CT molecular complexity index is 649. The topological polar surface area (TPSA) is 46.3 Å². The van der Waals surface area contributed by atoms with Gasteiger partial charge in [0.15, 0.2) is 0 Å². The molecule has 2 aromatic rings. The van der Waals surface area contributed by atoms with E-state index in [4.69, 9.17) is 5.73 Å². The average molecular weight is 302 g/mol. The largest absolute Gasteiger partial charge is 0.399 e. The number of fused-ring (bicyclic) bond motifs is 1. The van der Waals surface area contributed by atoms with Gasteiger partial charge in [-0.1, -0.05) is 19.8 Å². The Labute approximate surface area is 129 Å². The highest BCUT2D eigenvalue weighted by Crippen LogP contribution is 2.30. The lowest BCUT2D eigenvalue weighted by Crippen LogP contribution is -2.39. The molecule has 0 aliphatic carbocycles. The van der Waals surface area contributed by atoms with Crippen molar-refractivity contribution in [2.75, 3.05) is 12.3 Å². The molecular formula is C17H22N2OS. The molecule has 112 valence electrons. The summed E-state index contributed by atoms with van der Waals surface area (Å²) in [5.74, 6) is 0.198. The number of hydrogen-bond donors (Lipinski definition) is 1. The number of thiophene rings is 1. The molecule has 3 rings (SSSR count). The SMILES string of the molecule is CCC1CCCCCN1C(=O)c1cc2cc(N)ccc2s1. The zero-order chi connectivity index (χ0) is 14.8. The van der Waals surface area contributed by atoms with Crippen LogP contribution in [-0.2, 0) is 0 Å². The van der Waals surface area contributed by atoms with Gasteiger partial charge < -0.3 is 10.6 Å². The summed E-state index contributed by atoms with van der Waals surface area (Å²) in [6, 6.07) is 8.24. The van der Waals surface area contributed by atoms with E-state index >= 15 is 0 Å². The Kier molecular flexibility index (Phi) is 4.15. The summed E-state index contributed by atoms with van der Waals surface area (Å²) < 4.78 is 1.13. The second kappa shape index (κ2) is 6.06. The summed E-state index contributed by atoms with van der Waals surface area (Å²) in [4.78, 5) is 15.8. The molecule has 0 saturated carbocycles. The molecule has 2 N–H and O–H groups in total. The molecule has 1 unspecified atom stereocenters. The van der Waals surface area contributed by atoms with E-state index in [-0.39, 0.29) is 5.91 Å². The normalized spacial score (nSPS) is 19.7. The Morgan fingerprint density at radius 1 is 1.33 bits per heavy atom. The van der Waals surface area contributed by atoms with Crippen molar-refractivity contribution < 1.29 is 4.79 Å². The molecular weight excluding hydrogens is 280 g/mol. The lowest BCUT2D eigenvalue weighted by Gasteiger charge is -2.28. The third kappa shape index (κ3) is 2.91. The molecule has 3 nitrogen and oxygen atoms in total. The highest BCUT2D eigenvalue weighted by Gasteiger charge is 2.26. The number of carbonyl (C=O) groups is 1. The average Bonchev–Trinajstić information content (AvgIpc) is 2.75. The van der Waals surface area contributed by atoms with Crippen LogP contribution in [0, 0.1) is 0 Å². The molecule has 1 atom stereocenters.